The lowest BCUT2D eigenvalue weighted by Gasteiger charge is -2.03. The smallest absolute Gasteiger partial charge is 0.137 e. The first-order valence-electron chi connectivity index (χ1n) is 3.50. The van der Waals surface area contributed by atoms with E-state index >= 15 is 0 Å². The van der Waals surface area contributed by atoms with Gasteiger partial charge in [0, 0.05) is 0 Å². The third kappa shape index (κ3) is 2.27. The van der Waals surface area contributed by atoms with Gasteiger partial charge in [-0.25, -0.2) is 10.3 Å². The summed E-state index contributed by atoms with van der Waals surface area (Å²) in [6.45, 7) is 0.391. The summed E-state index contributed by atoms with van der Waals surface area (Å²) < 4.78 is 13.4. The molecular formula is C8H9BrFNO. The van der Waals surface area contributed by atoms with Gasteiger partial charge in [-0.05, 0) is 34.0 Å². The van der Waals surface area contributed by atoms with E-state index in [1.54, 1.807) is 6.07 Å². The van der Waals surface area contributed by atoms with E-state index in [1.165, 1.54) is 6.07 Å². The maximum atomic E-state index is 12.9. The molecule has 0 amide bonds. The van der Waals surface area contributed by atoms with Crippen LogP contribution < -0.4 is 5.90 Å². The van der Waals surface area contributed by atoms with E-state index in [9.17, 15) is 4.39 Å². The summed E-state index contributed by atoms with van der Waals surface area (Å²) in [6.07, 6.45) is 0.606. The summed E-state index contributed by atoms with van der Waals surface area (Å²) in [7, 11) is 0. The van der Waals surface area contributed by atoms with Gasteiger partial charge in [0.25, 0.3) is 0 Å². The van der Waals surface area contributed by atoms with Crippen LogP contribution in [-0.4, -0.2) is 6.61 Å². The summed E-state index contributed by atoms with van der Waals surface area (Å²) in [5, 5.41) is 0. The largest absolute Gasteiger partial charge is 0.304 e. The van der Waals surface area contributed by atoms with Crippen LogP contribution in [0.4, 0.5) is 4.39 Å². The fourth-order valence-corrected chi connectivity index (χ4v) is 1.37. The third-order valence-corrected chi connectivity index (χ3v) is 2.41. The third-order valence-electron chi connectivity index (χ3n) is 1.52. The van der Waals surface area contributed by atoms with Gasteiger partial charge in [0.05, 0.1) is 11.1 Å². The molecule has 0 saturated heterocycles. The van der Waals surface area contributed by atoms with E-state index in [1.807, 2.05) is 6.07 Å². The fraction of sp³-hybridized carbons (Fsp3) is 0.250. The zero-order valence-corrected chi connectivity index (χ0v) is 7.97. The maximum Gasteiger partial charge on any atom is 0.137 e. The Bertz CT molecular complexity index is 267. The van der Waals surface area contributed by atoms with E-state index in [-0.39, 0.29) is 5.82 Å². The Morgan fingerprint density at radius 3 is 2.92 bits per heavy atom. The lowest BCUT2D eigenvalue weighted by molar-refractivity contribution is 0.141. The Morgan fingerprint density at radius 2 is 2.25 bits per heavy atom. The molecule has 0 aliphatic carbocycles. The molecule has 2 nitrogen and oxygen atoms in total. The molecule has 0 radical (unpaired) electrons. The second kappa shape index (κ2) is 4.54. The molecule has 12 heavy (non-hydrogen) atoms. The van der Waals surface area contributed by atoms with Crippen molar-refractivity contribution >= 4 is 15.9 Å². The van der Waals surface area contributed by atoms with Gasteiger partial charge in [0.15, 0.2) is 0 Å². The van der Waals surface area contributed by atoms with Gasteiger partial charge < -0.3 is 4.84 Å². The normalized spacial score (nSPS) is 10.2. The van der Waals surface area contributed by atoms with Crippen molar-refractivity contribution in [3.63, 3.8) is 0 Å². The van der Waals surface area contributed by atoms with Crippen molar-refractivity contribution in [2.75, 3.05) is 6.61 Å². The topological polar surface area (TPSA) is 35.2 Å². The second-order valence-electron chi connectivity index (χ2n) is 2.33. The number of halogens is 2. The molecule has 0 aliphatic rings. The first-order chi connectivity index (χ1) is 5.75. The Balaban J connectivity index is 2.78. The Morgan fingerprint density at radius 1 is 1.50 bits per heavy atom. The predicted molar refractivity (Wildman–Crippen MR) is 47.9 cm³/mol. The van der Waals surface area contributed by atoms with E-state index in [4.69, 9.17) is 5.90 Å². The zero-order valence-electron chi connectivity index (χ0n) is 6.39. The Kier molecular flexibility index (Phi) is 3.65. The Hall–Kier alpha value is -0.450. The van der Waals surface area contributed by atoms with Gasteiger partial charge in [-0.2, -0.15) is 0 Å². The number of benzene rings is 1. The highest BCUT2D eigenvalue weighted by Crippen LogP contribution is 2.20. The van der Waals surface area contributed by atoms with Crippen LogP contribution in [0, 0.1) is 5.82 Å². The first kappa shape index (κ1) is 9.64. The quantitative estimate of drug-likeness (QED) is 0.812. The van der Waals surface area contributed by atoms with E-state index in [2.05, 4.69) is 20.8 Å². The lowest BCUT2D eigenvalue weighted by Crippen LogP contribution is -2.04. The van der Waals surface area contributed by atoms with E-state index in [0.29, 0.717) is 17.5 Å². The molecule has 1 aromatic carbocycles. The molecule has 0 saturated carbocycles. The van der Waals surface area contributed by atoms with Crippen molar-refractivity contribution in [1.82, 2.24) is 0 Å². The highest BCUT2D eigenvalue weighted by molar-refractivity contribution is 9.10. The van der Waals surface area contributed by atoms with Crippen molar-refractivity contribution in [3.8, 4) is 0 Å². The standard InChI is InChI=1S/C8H9BrFNO/c9-8-6(4-5-12-11)2-1-3-7(8)10/h1-3H,4-5,11H2. The number of hydrogen-bond donors (Lipinski definition) is 1. The molecule has 0 heterocycles. The van der Waals surface area contributed by atoms with Crippen molar-refractivity contribution < 1.29 is 9.23 Å². The van der Waals surface area contributed by atoms with Crippen molar-refractivity contribution in [2.45, 2.75) is 6.42 Å². The highest BCUT2D eigenvalue weighted by Gasteiger charge is 2.03. The molecule has 1 rings (SSSR count). The minimum Gasteiger partial charge on any atom is -0.304 e. The highest BCUT2D eigenvalue weighted by atomic mass is 79.9. The SMILES string of the molecule is NOCCc1cccc(F)c1Br. The van der Waals surface area contributed by atoms with E-state index in [0.717, 1.165) is 5.56 Å². The van der Waals surface area contributed by atoms with Crippen LogP contribution in [0.15, 0.2) is 22.7 Å². The molecule has 0 unspecified atom stereocenters. The number of rotatable bonds is 3. The molecule has 0 spiro atoms. The van der Waals surface area contributed by atoms with Gasteiger partial charge in [-0.3, -0.25) is 0 Å². The van der Waals surface area contributed by atoms with Gasteiger partial charge in [0.1, 0.15) is 5.82 Å². The van der Waals surface area contributed by atoms with Crippen LogP contribution in [0.25, 0.3) is 0 Å². The van der Waals surface area contributed by atoms with Gasteiger partial charge in [-0.1, -0.05) is 12.1 Å². The van der Waals surface area contributed by atoms with Crippen LogP contribution in [-0.2, 0) is 11.3 Å². The molecule has 1 aromatic rings. The molecule has 0 bridgehead atoms. The van der Waals surface area contributed by atoms with Crippen LogP contribution in [0.5, 0.6) is 0 Å². The predicted octanol–water partition coefficient (Wildman–Crippen LogP) is 2.02. The van der Waals surface area contributed by atoms with Crippen molar-refractivity contribution in [2.24, 2.45) is 5.90 Å². The van der Waals surface area contributed by atoms with Crippen molar-refractivity contribution in [3.05, 3.63) is 34.1 Å². The molecule has 0 aromatic heterocycles. The zero-order chi connectivity index (χ0) is 8.97. The number of nitrogens with two attached hydrogens (primary N) is 1. The molecule has 0 atom stereocenters. The summed E-state index contributed by atoms with van der Waals surface area (Å²) in [5.41, 5.74) is 0.862. The second-order valence-corrected chi connectivity index (χ2v) is 3.13. The monoisotopic (exact) mass is 233 g/mol. The minimum atomic E-state index is -0.260. The first-order valence-corrected chi connectivity index (χ1v) is 4.29. The summed E-state index contributed by atoms with van der Waals surface area (Å²) in [5.74, 6) is 4.60. The molecule has 66 valence electrons. The molecule has 0 fully saturated rings. The molecule has 4 heteroatoms. The van der Waals surface area contributed by atoms with Crippen LogP contribution in [0.3, 0.4) is 0 Å². The molecule has 2 N–H and O–H groups in total. The average Bonchev–Trinajstić information content (AvgIpc) is 2.08. The number of hydrogen-bond acceptors (Lipinski definition) is 2. The maximum absolute atomic E-state index is 12.9. The van der Waals surface area contributed by atoms with Crippen LogP contribution >= 0.6 is 15.9 Å². The van der Waals surface area contributed by atoms with E-state index < -0.39 is 0 Å². The summed E-state index contributed by atoms with van der Waals surface area (Å²) >= 11 is 3.14. The molecule has 0 aliphatic heterocycles. The average molecular weight is 234 g/mol. The minimum absolute atomic E-state index is 0.260. The Labute approximate surface area is 78.6 Å². The van der Waals surface area contributed by atoms with Crippen LogP contribution in [0.2, 0.25) is 0 Å². The van der Waals surface area contributed by atoms with Gasteiger partial charge in [-0.15, -0.1) is 0 Å². The summed E-state index contributed by atoms with van der Waals surface area (Å²) in [6, 6.07) is 4.88. The van der Waals surface area contributed by atoms with Crippen molar-refractivity contribution in [1.29, 1.82) is 0 Å². The van der Waals surface area contributed by atoms with Crippen LogP contribution in [0.1, 0.15) is 5.56 Å². The van der Waals surface area contributed by atoms with Gasteiger partial charge in [0.2, 0.25) is 0 Å². The molecular weight excluding hydrogens is 225 g/mol. The van der Waals surface area contributed by atoms with Gasteiger partial charge >= 0.3 is 0 Å². The fourth-order valence-electron chi connectivity index (χ4n) is 0.910. The summed E-state index contributed by atoms with van der Waals surface area (Å²) in [4.78, 5) is 4.40. The lowest BCUT2D eigenvalue weighted by atomic mass is 10.1.